The molecule has 114 valence electrons. The first-order valence-electron chi connectivity index (χ1n) is 6.83. The normalized spacial score (nSPS) is 21.0. The van der Waals surface area contributed by atoms with Crippen LogP contribution < -0.4 is 10.1 Å². The summed E-state index contributed by atoms with van der Waals surface area (Å²) in [6.45, 7) is 0.401. The van der Waals surface area contributed by atoms with Crippen molar-refractivity contribution in [2.24, 2.45) is 5.92 Å². The van der Waals surface area contributed by atoms with Crippen LogP contribution in [0.25, 0.3) is 0 Å². The number of amides is 1. The van der Waals surface area contributed by atoms with Crippen molar-refractivity contribution in [3.63, 3.8) is 0 Å². The third-order valence-corrected chi connectivity index (χ3v) is 3.52. The Morgan fingerprint density at radius 3 is 2.95 bits per heavy atom. The van der Waals surface area contributed by atoms with Gasteiger partial charge in [0.2, 0.25) is 5.91 Å². The van der Waals surface area contributed by atoms with Gasteiger partial charge in [-0.25, -0.2) is 0 Å². The van der Waals surface area contributed by atoms with Gasteiger partial charge >= 0.3 is 5.97 Å². The van der Waals surface area contributed by atoms with Gasteiger partial charge in [0.1, 0.15) is 11.7 Å². The van der Waals surface area contributed by atoms with E-state index in [4.69, 9.17) is 14.6 Å². The lowest BCUT2D eigenvalue weighted by Gasteiger charge is -2.15. The van der Waals surface area contributed by atoms with Gasteiger partial charge in [-0.15, -0.1) is 0 Å². The summed E-state index contributed by atoms with van der Waals surface area (Å²) in [5.41, 5.74) is 1.00. The number of carbonyl (C=O) groups is 2. The van der Waals surface area contributed by atoms with Crippen molar-refractivity contribution < 1.29 is 24.2 Å². The Labute approximate surface area is 123 Å². The van der Waals surface area contributed by atoms with E-state index in [1.54, 1.807) is 7.11 Å². The van der Waals surface area contributed by atoms with E-state index in [1.807, 2.05) is 24.3 Å². The van der Waals surface area contributed by atoms with Gasteiger partial charge in [0.25, 0.3) is 0 Å². The molecule has 0 aromatic heterocycles. The Hall–Kier alpha value is -2.08. The molecule has 0 spiro atoms. The summed E-state index contributed by atoms with van der Waals surface area (Å²) in [5.74, 6) is -1.01. The zero-order valence-electron chi connectivity index (χ0n) is 11.9. The van der Waals surface area contributed by atoms with Crippen molar-refractivity contribution in [3.8, 4) is 5.75 Å². The van der Waals surface area contributed by atoms with Crippen LogP contribution in [0.3, 0.4) is 0 Å². The monoisotopic (exact) mass is 293 g/mol. The molecule has 1 heterocycles. The number of carbonyl (C=O) groups excluding carboxylic acids is 1. The number of carboxylic acids is 1. The number of rotatable bonds is 6. The summed E-state index contributed by atoms with van der Waals surface area (Å²) in [4.78, 5) is 22.9. The predicted octanol–water partition coefficient (Wildman–Crippen LogP) is 0.844. The molecule has 6 heteroatoms. The van der Waals surface area contributed by atoms with Gasteiger partial charge in [-0.2, -0.15) is 0 Å². The average molecular weight is 293 g/mol. The van der Waals surface area contributed by atoms with Gasteiger partial charge in [0, 0.05) is 6.42 Å². The quantitative estimate of drug-likeness (QED) is 0.812. The van der Waals surface area contributed by atoms with Gasteiger partial charge in [-0.3, -0.25) is 9.59 Å². The minimum atomic E-state index is -0.939. The SMILES string of the molecule is COc1cccc(CCC(=O)NC2COCC2C(=O)O)c1. The minimum absolute atomic E-state index is 0.149. The van der Waals surface area contributed by atoms with E-state index in [0.29, 0.717) is 12.8 Å². The number of nitrogens with one attached hydrogen (secondary N) is 1. The van der Waals surface area contributed by atoms with Crippen LogP contribution in [0.4, 0.5) is 0 Å². The first kappa shape index (κ1) is 15.3. The van der Waals surface area contributed by atoms with E-state index >= 15 is 0 Å². The molecule has 0 bridgehead atoms. The molecule has 0 aliphatic carbocycles. The maximum Gasteiger partial charge on any atom is 0.311 e. The van der Waals surface area contributed by atoms with E-state index in [1.165, 1.54) is 0 Å². The summed E-state index contributed by atoms with van der Waals surface area (Å²) in [6, 6.07) is 7.08. The fourth-order valence-corrected chi connectivity index (χ4v) is 2.30. The summed E-state index contributed by atoms with van der Waals surface area (Å²) < 4.78 is 10.2. The average Bonchev–Trinajstić information content (AvgIpc) is 2.93. The zero-order chi connectivity index (χ0) is 15.2. The number of benzene rings is 1. The molecule has 2 atom stereocenters. The van der Waals surface area contributed by atoms with Crippen LogP contribution >= 0.6 is 0 Å². The topological polar surface area (TPSA) is 84.9 Å². The molecule has 1 aliphatic rings. The highest BCUT2D eigenvalue weighted by Crippen LogP contribution is 2.16. The third kappa shape index (κ3) is 4.19. The number of hydrogen-bond acceptors (Lipinski definition) is 4. The maximum atomic E-state index is 11.9. The molecule has 1 aliphatic heterocycles. The molecule has 2 N–H and O–H groups in total. The second kappa shape index (κ2) is 7.08. The van der Waals surface area contributed by atoms with Crippen LogP contribution in [0.2, 0.25) is 0 Å². The summed E-state index contributed by atoms with van der Waals surface area (Å²) in [6.07, 6.45) is 0.879. The zero-order valence-corrected chi connectivity index (χ0v) is 11.9. The number of methoxy groups -OCH3 is 1. The Balaban J connectivity index is 1.83. The molecular formula is C15H19NO5. The van der Waals surface area contributed by atoms with Crippen molar-refractivity contribution in [3.05, 3.63) is 29.8 Å². The van der Waals surface area contributed by atoms with Crippen molar-refractivity contribution in [2.75, 3.05) is 20.3 Å². The second-order valence-corrected chi connectivity index (χ2v) is 5.01. The molecule has 0 radical (unpaired) electrons. The molecule has 1 fully saturated rings. The van der Waals surface area contributed by atoms with E-state index in [0.717, 1.165) is 11.3 Å². The molecule has 1 saturated heterocycles. The predicted molar refractivity (Wildman–Crippen MR) is 75.2 cm³/mol. The van der Waals surface area contributed by atoms with Gasteiger partial charge < -0.3 is 19.9 Å². The molecule has 2 unspecified atom stereocenters. The Kier molecular flexibility index (Phi) is 5.16. The molecular weight excluding hydrogens is 274 g/mol. The second-order valence-electron chi connectivity index (χ2n) is 5.01. The molecule has 1 amide bonds. The van der Waals surface area contributed by atoms with Crippen LogP contribution in [0.5, 0.6) is 5.75 Å². The summed E-state index contributed by atoms with van der Waals surface area (Å²) in [5, 5.41) is 11.8. The number of carboxylic acid groups (broad SMARTS) is 1. The first-order valence-corrected chi connectivity index (χ1v) is 6.83. The highest BCUT2D eigenvalue weighted by Gasteiger charge is 2.34. The number of aryl methyl sites for hydroxylation is 1. The van der Waals surface area contributed by atoms with Gasteiger partial charge in [0.05, 0.1) is 26.4 Å². The number of hydrogen-bond donors (Lipinski definition) is 2. The first-order chi connectivity index (χ1) is 10.1. The van der Waals surface area contributed by atoms with Crippen LogP contribution in [0.15, 0.2) is 24.3 Å². The molecule has 1 aromatic carbocycles. The van der Waals surface area contributed by atoms with Crippen LogP contribution in [0.1, 0.15) is 12.0 Å². The van der Waals surface area contributed by atoms with Gasteiger partial charge in [-0.1, -0.05) is 12.1 Å². The lowest BCUT2D eigenvalue weighted by atomic mass is 10.0. The van der Waals surface area contributed by atoms with Crippen molar-refractivity contribution in [2.45, 2.75) is 18.9 Å². The van der Waals surface area contributed by atoms with E-state index in [9.17, 15) is 9.59 Å². The van der Waals surface area contributed by atoms with E-state index in [2.05, 4.69) is 5.32 Å². The lowest BCUT2D eigenvalue weighted by Crippen LogP contribution is -2.42. The van der Waals surface area contributed by atoms with E-state index < -0.39 is 17.9 Å². The van der Waals surface area contributed by atoms with Gasteiger partial charge in [-0.05, 0) is 24.1 Å². The Morgan fingerprint density at radius 1 is 1.43 bits per heavy atom. The summed E-state index contributed by atoms with van der Waals surface area (Å²) >= 11 is 0. The highest BCUT2D eigenvalue weighted by molar-refractivity contribution is 5.78. The van der Waals surface area contributed by atoms with Crippen molar-refractivity contribution in [1.29, 1.82) is 0 Å². The van der Waals surface area contributed by atoms with Crippen molar-refractivity contribution >= 4 is 11.9 Å². The smallest absolute Gasteiger partial charge is 0.311 e. The molecule has 2 rings (SSSR count). The minimum Gasteiger partial charge on any atom is -0.497 e. The molecule has 1 aromatic rings. The maximum absolute atomic E-state index is 11.9. The highest BCUT2D eigenvalue weighted by atomic mass is 16.5. The number of ether oxygens (including phenoxy) is 2. The van der Waals surface area contributed by atoms with Crippen LogP contribution in [-0.2, 0) is 20.7 Å². The van der Waals surface area contributed by atoms with E-state index in [-0.39, 0.29) is 19.1 Å². The van der Waals surface area contributed by atoms with Crippen LogP contribution in [-0.4, -0.2) is 43.3 Å². The number of aliphatic carboxylic acids is 1. The summed E-state index contributed by atoms with van der Waals surface area (Å²) in [7, 11) is 1.60. The van der Waals surface area contributed by atoms with Crippen molar-refractivity contribution in [1.82, 2.24) is 5.32 Å². The molecule has 21 heavy (non-hydrogen) atoms. The Bertz CT molecular complexity index is 517. The largest absolute Gasteiger partial charge is 0.497 e. The fraction of sp³-hybridized carbons (Fsp3) is 0.467. The third-order valence-electron chi connectivity index (χ3n) is 3.52. The standard InChI is InChI=1S/C15H19NO5/c1-20-11-4-2-3-10(7-11)5-6-14(17)16-13-9-21-8-12(13)15(18)19/h2-4,7,12-13H,5-6,8-9H2,1H3,(H,16,17)(H,18,19). The fourth-order valence-electron chi connectivity index (χ4n) is 2.30. The van der Waals surface area contributed by atoms with Crippen LogP contribution in [0, 0.1) is 5.92 Å². The molecule has 6 nitrogen and oxygen atoms in total. The lowest BCUT2D eigenvalue weighted by molar-refractivity contribution is -0.142. The van der Waals surface area contributed by atoms with Gasteiger partial charge in [0.15, 0.2) is 0 Å². The Morgan fingerprint density at radius 2 is 2.24 bits per heavy atom. The molecule has 0 saturated carbocycles.